The third kappa shape index (κ3) is 6.13. The van der Waals surface area contributed by atoms with Crippen LogP contribution in [0, 0.1) is 0 Å². The van der Waals surface area contributed by atoms with E-state index in [-0.39, 0.29) is 35.9 Å². The van der Waals surface area contributed by atoms with E-state index >= 15 is 0 Å². The zero-order chi connectivity index (χ0) is 16.2. The zero-order valence-corrected chi connectivity index (χ0v) is 15.3. The minimum Gasteiger partial charge on any atom is -0.375 e. The monoisotopic (exact) mass is 340 g/mol. The van der Waals surface area contributed by atoms with Gasteiger partial charge in [0, 0.05) is 13.1 Å². The van der Waals surface area contributed by atoms with Gasteiger partial charge < -0.3 is 15.4 Å². The fraction of sp³-hybridized carbons (Fsp3) is 0.611. The summed E-state index contributed by atoms with van der Waals surface area (Å²) in [7, 11) is 0. The van der Waals surface area contributed by atoms with Crippen molar-refractivity contribution in [2.75, 3.05) is 19.7 Å². The topological polar surface area (TPSA) is 50.4 Å². The molecule has 1 aromatic carbocycles. The molecule has 0 saturated carbocycles. The summed E-state index contributed by atoms with van der Waals surface area (Å²) in [5.74, 6) is 0.0427. The number of hydrogen-bond donors (Lipinski definition) is 2. The van der Waals surface area contributed by atoms with Gasteiger partial charge in [-0.1, -0.05) is 45.0 Å². The van der Waals surface area contributed by atoms with E-state index in [2.05, 4.69) is 55.7 Å². The lowest BCUT2D eigenvalue weighted by atomic mass is 9.86. The first-order valence-corrected chi connectivity index (χ1v) is 8.08. The van der Waals surface area contributed by atoms with Crippen molar-refractivity contribution in [2.24, 2.45) is 0 Å². The van der Waals surface area contributed by atoms with Crippen molar-refractivity contribution in [3.05, 3.63) is 35.4 Å². The molecule has 2 rings (SSSR count). The van der Waals surface area contributed by atoms with Crippen LogP contribution in [0.25, 0.3) is 0 Å². The number of rotatable bonds is 4. The van der Waals surface area contributed by atoms with Gasteiger partial charge in [-0.05, 0) is 23.5 Å². The van der Waals surface area contributed by atoms with Gasteiger partial charge in [0.15, 0.2) is 0 Å². The number of ether oxygens (including phenoxy) is 1. The molecule has 1 aromatic rings. The number of amides is 1. The highest BCUT2D eigenvalue weighted by atomic mass is 35.5. The molecule has 0 aliphatic carbocycles. The van der Waals surface area contributed by atoms with Crippen LogP contribution < -0.4 is 10.6 Å². The molecule has 1 fully saturated rings. The number of hydrogen-bond acceptors (Lipinski definition) is 3. The van der Waals surface area contributed by atoms with E-state index in [0.717, 1.165) is 18.7 Å². The molecule has 1 aliphatic rings. The molecule has 1 aliphatic heterocycles. The van der Waals surface area contributed by atoms with Crippen LogP contribution in [0.15, 0.2) is 24.3 Å². The predicted octanol–water partition coefficient (Wildman–Crippen LogP) is 2.96. The normalized spacial score (nSPS) is 19.6. The maximum absolute atomic E-state index is 12.1. The minimum absolute atomic E-state index is 0. The first-order valence-electron chi connectivity index (χ1n) is 8.08. The van der Waals surface area contributed by atoms with Gasteiger partial charge in [-0.2, -0.15) is 0 Å². The van der Waals surface area contributed by atoms with E-state index in [1.807, 2.05) is 6.92 Å². The van der Waals surface area contributed by atoms with Gasteiger partial charge in [-0.15, -0.1) is 12.4 Å². The summed E-state index contributed by atoms with van der Waals surface area (Å²) in [6, 6.07) is 8.50. The zero-order valence-electron chi connectivity index (χ0n) is 14.5. The molecule has 1 amide bonds. The highest BCUT2D eigenvalue weighted by molar-refractivity contribution is 5.85. The van der Waals surface area contributed by atoms with Gasteiger partial charge in [-0.3, -0.25) is 4.79 Å². The van der Waals surface area contributed by atoms with Crippen molar-refractivity contribution in [3.63, 3.8) is 0 Å². The fourth-order valence-electron chi connectivity index (χ4n) is 2.61. The second-order valence-electron chi connectivity index (χ2n) is 7.06. The smallest absolute Gasteiger partial charge is 0.223 e. The molecule has 2 N–H and O–H groups in total. The van der Waals surface area contributed by atoms with Crippen molar-refractivity contribution < 1.29 is 9.53 Å². The minimum atomic E-state index is -0.00998. The lowest BCUT2D eigenvalue weighted by molar-refractivity contribution is -0.125. The number of carbonyl (C=O) groups is 1. The van der Waals surface area contributed by atoms with Crippen LogP contribution in [0.2, 0.25) is 0 Å². The lowest BCUT2D eigenvalue weighted by Gasteiger charge is -2.24. The molecule has 1 saturated heterocycles. The van der Waals surface area contributed by atoms with Crippen LogP contribution in [0.4, 0.5) is 0 Å². The van der Waals surface area contributed by atoms with Crippen LogP contribution in [-0.4, -0.2) is 31.7 Å². The first-order chi connectivity index (χ1) is 10.4. The SMILES string of the molecule is CC(NC(=O)CC1CNCCO1)c1ccc(C(C)(C)C)cc1.Cl. The molecular formula is C18H29ClN2O2. The molecule has 23 heavy (non-hydrogen) atoms. The fourth-order valence-corrected chi connectivity index (χ4v) is 2.61. The van der Waals surface area contributed by atoms with Crippen LogP contribution in [-0.2, 0) is 14.9 Å². The van der Waals surface area contributed by atoms with E-state index in [4.69, 9.17) is 4.74 Å². The summed E-state index contributed by atoms with van der Waals surface area (Å²) in [5.41, 5.74) is 2.58. The second kappa shape index (κ2) is 8.67. The lowest BCUT2D eigenvalue weighted by Crippen LogP contribution is -2.41. The Morgan fingerprint density at radius 1 is 1.35 bits per heavy atom. The maximum atomic E-state index is 12.1. The largest absolute Gasteiger partial charge is 0.375 e. The Morgan fingerprint density at radius 2 is 2.00 bits per heavy atom. The van der Waals surface area contributed by atoms with Gasteiger partial charge in [0.2, 0.25) is 5.91 Å². The number of halogens is 1. The molecule has 1 heterocycles. The Balaban J connectivity index is 0.00000264. The first kappa shape index (κ1) is 19.9. The summed E-state index contributed by atoms with van der Waals surface area (Å²) in [4.78, 5) is 12.1. The Kier molecular flexibility index (Phi) is 7.52. The average molecular weight is 341 g/mol. The molecule has 2 atom stereocenters. The Bertz CT molecular complexity index is 491. The summed E-state index contributed by atoms with van der Waals surface area (Å²) in [6.45, 7) is 10.9. The van der Waals surface area contributed by atoms with E-state index in [9.17, 15) is 4.79 Å². The Hall–Kier alpha value is -1.10. The van der Waals surface area contributed by atoms with E-state index in [1.165, 1.54) is 5.56 Å². The molecule has 5 heteroatoms. The highest BCUT2D eigenvalue weighted by Crippen LogP contribution is 2.23. The van der Waals surface area contributed by atoms with Crippen molar-refractivity contribution >= 4 is 18.3 Å². The van der Waals surface area contributed by atoms with Crippen LogP contribution in [0.1, 0.15) is 51.3 Å². The standard InChI is InChI=1S/C18H28N2O2.ClH/c1-13(14-5-7-15(8-6-14)18(2,3)4)20-17(21)11-16-12-19-9-10-22-16;/h5-8,13,16,19H,9-12H2,1-4H3,(H,20,21);1H. The Labute approximate surface area is 145 Å². The average Bonchev–Trinajstić information content (AvgIpc) is 2.47. The molecule has 2 unspecified atom stereocenters. The van der Waals surface area contributed by atoms with Crippen LogP contribution in [0.3, 0.4) is 0 Å². The van der Waals surface area contributed by atoms with Gasteiger partial charge in [0.1, 0.15) is 0 Å². The number of benzene rings is 1. The van der Waals surface area contributed by atoms with Gasteiger partial charge in [0.05, 0.1) is 25.2 Å². The number of carbonyl (C=O) groups excluding carboxylic acids is 1. The summed E-state index contributed by atoms with van der Waals surface area (Å²) < 4.78 is 5.57. The molecule has 0 bridgehead atoms. The summed E-state index contributed by atoms with van der Waals surface area (Å²) >= 11 is 0. The van der Waals surface area contributed by atoms with Crippen LogP contribution >= 0.6 is 12.4 Å². The van der Waals surface area contributed by atoms with Gasteiger partial charge in [-0.25, -0.2) is 0 Å². The summed E-state index contributed by atoms with van der Waals surface area (Å²) in [6.07, 6.45) is 0.404. The molecule has 0 spiro atoms. The van der Waals surface area contributed by atoms with E-state index in [1.54, 1.807) is 0 Å². The van der Waals surface area contributed by atoms with Crippen molar-refractivity contribution in [3.8, 4) is 0 Å². The van der Waals surface area contributed by atoms with Crippen molar-refractivity contribution in [2.45, 2.75) is 51.7 Å². The molecular weight excluding hydrogens is 312 g/mol. The Morgan fingerprint density at radius 3 is 2.52 bits per heavy atom. The quantitative estimate of drug-likeness (QED) is 0.886. The second-order valence-corrected chi connectivity index (χ2v) is 7.06. The van der Waals surface area contributed by atoms with Gasteiger partial charge >= 0.3 is 0 Å². The van der Waals surface area contributed by atoms with Gasteiger partial charge in [0.25, 0.3) is 0 Å². The van der Waals surface area contributed by atoms with E-state index < -0.39 is 0 Å². The van der Waals surface area contributed by atoms with Crippen LogP contribution in [0.5, 0.6) is 0 Å². The molecule has 4 nitrogen and oxygen atoms in total. The molecule has 0 radical (unpaired) electrons. The number of nitrogens with one attached hydrogen (secondary N) is 2. The maximum Gasteiger partial charge on any atom is 0.223 e. The third-order valence-electron chi connectivity index (χ3n) is 4.07. The highest BCUT2D eigenvalue weighted by Gasteiger charge is 2.19. The number of morpholine rings is 1. The van der Waals surface area contributed by atoms with Crippen molar-refractivity contribution in [1.82, 2.24) is 10.6 Å². The molecule has 0 aromatic heterocycles. The summed E-state index contributed by atoms with van der Waals surface area (Å²) in [5, 5.41) is 6.30. The molecule has 130 valence electrons. The third-order valence-corrected chi connectivity index (χ3v) is 4.07. The predicted molar refractivity (Wildman–Crippen MR) is 96.2 cm³/mol. The van der Waals surface area contributed by atoms with E-state index in [0.29, 0.717) is 13.0 Å². The van der Waals surface area contributed by atoms with Crippen molar-refractivity contribution in [1.29, 1.82) is 0 Å².